The smallest absolute Gasteiger partial charge is 0.358 e. The molecule has 0 radical (unpaired) electrons. The second-order valence-electron chi connectivity index (χ2n) is 15.5. The summed E-state index contributed by atoms with van der Waals surface area (Å²) in [6.07, 6.45) is 5.65. The molecule has 0 bridgehead atoms. The molecule has 0 spiro atoms. The van der Waals surface area contributed by atoms with Gasteiger partial charge in [-0.1, -0.05) is 126 Å². The Hall–Kier alpha value is -5.08. The van der Waals surface area contributed by atoms with Gasteiger partial charge in [0.1, 0.15) is 0 Å². The van der Waals surface area contributed by atoms with Gasteiger partial charge in [0, 0.05) is 24.1 Å². The number of nitrogens with zero attached hydrogens (tertiary/aromatic N) is 4. The number of pyridine rings is 1. The van der Waals surface area contributed by atoms with Gasteiger partial charge in [0.2, 0.25) is 0 Å². The number of hydrogen-bond donors (Lipinski definition) is 0. The number of hydrogen-bond acceptors (Lipinski definition) is 2. The zero-order chi connectivity index (χ0) is 35.4. The number of benzene rings is 5. The molecule has 8 aromatic rings. The maximum Gasteiger partial charge on any atom is 2.00 e. The van der Waals surface area contributed by atoms with E-state index < -0.39 is 5.41 Å². The Morgan fingerprint density at radius 3 is 1.75 bits per heavy atom. The van der Waals surface area contributed by atoms with Crippen LogP contribution in [-0.2, 0) is 36.7 Å². The van der Waals surface area contributed by atoms with Crippen molar-refractivity contribution in [3.63, 3.8) is 0 Å². The van der Waals surface area contributed by atoms with Gasteiger partial charge in [-0.25, -0.2) is 0 Å². The summed E-state index contributed by atoms with van der Waals surface area (Å²) in [5.41, 5.74) is 10.00. The van der Waals surface area contributed by atoms with Crippen molar-refractivity contribution in [1.82, 2.24) is 19.3 Å². The fourth-order valence-corrected chi connectivity index (χ4v) is 7.42. The molecule has 4 nitrogen and oxygen atoms in total. The van der Waals surface area contributed by atoms with Crippen LogP contribution >= 0.6 is 0 Å². The maximum atomic E-state index is 5.11. The predicted octanol–water partition coefficient (Wildman–Crippen LogP) is 10.9. The largest absolute Gasteiger partial charge is 2.00 e. The molecule has 260 valence electrons. The number of para-hydroxylation sites is 1. The molecule has 5 aromatic carbocycles. The van der Waals surface area contributed by atoms with E-state index in [0.717, 1.165) is 50.2 Å². The monoisotopic (exact) mass is 768 g/mol. The number of fused-ring (bicyclic) bond motifs is 3. The first-order valence-electron chi connectivity index (χ1n) is 17.7. The summed E-state index contributed by atoms with van der Waals surface area (Å²) in [5.74, 6) is 0. The molecule has 8 rings (SSSR count). The fourth-order valence-electron chi connectivity index (χ4n) is 7.42. The second-order valence-corrected chi connectivity index (χ2v) is 15.5. The standard InChI is InChI=1S/C47H42N4.Pd/c1-45(2,3)33-18-22-35(23-19-33)47(44-17-9-10-28-48-44,36-24-20-34(21-25-36)46(4,5)6)37-13-11-14-39(31-37)51-42-16-8-7-15-40(42)41-27-26-38(32-43(41)51)50-30-12-29-49-50;/h7-30H,1-6H3;/q-2;+2. The summed E-state index contributed by atoms with van der Waals surface area (Å²) >= 11 is 0. The van der Waals surface area contributed by atoms with Crippen molar-refractivity contribution >= 4 is 21.8 Å². The Bertz CT molecular complexity index is 2400. The molecule has 3 aromatic heterocycles. The van der Waals surface area contributed by atoms with E-state index in [9.17, 15) is 0 Å². The normalized spacial score (nSPS) is 12.3. The van der Waals surface area contributed by atoms with Crippen molar-refractivity contribution in [2.24, 2.45) is 0 Å². The summed E-state index contributed by atoms with van der Waals surface area (Å²) in [7, 11) is 0. The van der Waals surface area contributed by atoms with E-state index in [1.165, 1.54) is 16.5 Å². The van der Waals surface area contributed by atoms with E-state index in [0.29, 0.717) is 0 Å². The van der Waals surface area contributed by atoms with Crippen molar-refractivity contribution in [1.29, 1.82) is 0 Å². The molecule has 0 fully saturated rings. The zero-order valence-electron chi connectivity index (χ0n) is 30.5. The Morgan fingerprint density at radius 1 is 0.519 bits per heavy atom. The van der Waals surface area contributed by atoms with Crippen LogP contribution in [0.5, 0.6) is 0 Å². The summed E-state index contributed by atoms with van der Waals surface area (Å²) in [5, 5.41) is 6.80. The minimum atomic E-state index is -0.757. The van der Waals surface area contributed by atoms with E-state index in [-0.39, 0.29) is 31.3 Å². The van der Waals surface area contributed by atoms with E-state index in [1.807, 2.05) is 29.2 Å². The van der Waals surface area contributed by atoms with Gasteiger partial charge < -0.3 is 4.57 Å². The van der Waals surface area contributed by atoms with Crippen LogP contribution in [-0.4, -0.2) is 19.3 Å². The summed E-state index contributed by atoms with van der Waals surface area (Å²) in [6.45, 7) is 13.6. The molecule has 0 N–H and O–H groups in total. The van der Waals surface area contributed by atoms with Crippen molar-refractivity contribution < 1.29 is 20.4 Å². The van der Waals surface area contributed by atoms with E-state index >= 15 is 0 Å². The molecular formula is C47H42N4Pd. The molecule has 5 heteroatoms. The SMILES string of the molecule is CC(C)(C)c1ccc(C(c2[c-]c(-n3c4[c-]c(-n5cccn5)ccc4c4ccccc43)ccc2)(c2ccc(C(C)(C)C)cc2)c2ccccn2)cc1.[Pd+2]. The summed E-state index contributed by atoms with van der Waals surface area (Å²) in [4.78, 5) is 5.11. The minimum absolute atomic E-state index is 0. The molecule has 52 heavy (non-hydrogen) atoms. The molecular weight excluding hydrogens is 727 g/mol. The second kappa shape index (κ2) is 13.5. The summed E-state index contributed by atoms with van der Waals surface area (Å²) < 4.78 is 4.14. The van der Waals surface area contributed by atoms with Gasteiger partial charge >= 0.3 is 20.4 Å². The fraction of sp³-hybridized carbons (Fsp3) is 0.191. The van der Waals surface area contributed by atoms with Gasteiger partial charge in [-0.3, -0.25) is 9.67 Å². The summed E-state index contributed by atoms with van der Waals surface area (Å²) in [6, 6.07) is 53.5. The quantitative estimate of drug-likeness (QED) is 0.0959. The van der Waals surface area contributed by atoms with Crippen LogP contribution in [0.2, 0.25) is 0 Å². The molecule has 0 aliphatic heterocycles. The van der Waals surface area contributed by atoms with Crippen molar-refractivity contribution in [3.8, 4) is 11.4 Å². The van der Waals surface area contributed by atoms with E-state index in [4.69, 9.17) is 4.98 Å². The van der Waals surface area contributed by atoms with Crippen LogP contribution in [0.3, 0.4) is 0 Å². The van der Waals surface area contributed by atoms with Gasteiger partial charge in [0.25, 0.3) is 0 Å². The van der Waals surface area contributed by atoms with Crippen LogP contribution in [0.15, 0.2) is 146 Å². The average molecular weight is 769 g/mol. The third kappa shape index (κ3) is 6.03. The Kier molecular flexibility index (Phi) is 9.16. The van der Waals surface area contributed by atoms with Gasteiger partial charge in [-0.15, -0.1) is 29.1 Å². The number of aromatic nitrogens is 4. The Balaban J connectivity index is 0.00000420. The van der Waals surface area contributed by atoms with Gasteiger partial charge in [-0.2, -0.15) is 29.4 Å². The van der Waals surface area contributed by atoms with Crippen LogP contribution in [0.1, 0.15) is 75.1 Å². The predicted molar refractivity (Wildman–Crippen MR) is 209 cm³/mol. The van der Waals surface area contributed by atoms with Crippen LogP contribution in [0.25, 0.3) is 33.2 Å². The molecule has 3 heterocycles. The molecule has 0 saturated heterocycles. The van der Waals surface area contributed by atoms with Gasteiger partial charge in [0.15, 0.2) is 0 Å². The molecule has 0 aliphatic carbocycles. The molecule has 0 aliphatic rings. The van der Waals surface area contributed by atoms with E-state index in [2.05, 4.69) is 179 Å². The Labute approximate surface area is 320 Å². The molecule has 0 amide bonds. The average Bonchev–Trinajstić information content (AvgIpc) is 3.79. The molecule has 0 saturated carbocycles. The topological polar surface area (TPSA) is 35.6 Å². The van der Waals surface area contributed by atoms with Crippen LogP contribution < -0.4 is 0 Å². The van der Waals surface area contributed by atoms with Crippen molar-refractivity contribution in [2.45, 2.75) is 57.8 Å². The van der Waals surface area contributed by atoms with Crippen LogP contribution in [0.4, 0.5) is 0 Å². The van der Waals surface area contributed by atoms with Crippen molar-refractivity contribution in [2.75, 3.05) is 0 Å². The molecule has 0 atom stereocenters. The molecule has 0 unspecified atom stereocenters. The minimum Gasteiger partial charge on any atom is -0.358 e. The number of rotatable bonds is 6. The first-order chi connectivity index (χ1) is 24.5. The van der Waals surface area contributed by atoms with E-state index in [1.54, 1.807) is 6.20 Å². The first kappa shape index (κ1) is 35.3. The zero-order valence-corrected chi connectivity index (χ0v) is 32.0. The van der Waals surface area contributed by atoms with Gasteiger partial charge in [0.05, 0.1) is 11.1 Å². The van der Waals surface area contributed by atoms with Crippen molar-refractivity contribution in [3.05, 3.63) is 192 Å². The first-order valence-corrected chi connectivity index (χ1v) is 17.7. The Morgan fingerprint density at radius 2 is 1.15 bits per heavy atom. The van der Waals surface area contributed by atoms with Gasteiger partial charge in [-0.05, 0) is 68.4 Å². The third-order valence-corrected chi connectivity index (χ3v) is 10.2. The third-order valence-electron chi connectivity index (χ3n) is 10.2. The maximum absolute atomic E-state index is 5.11. The van der Waals surface area contributed by atoms with Crippen LogP contribution in [0, 0.1) is 12.1 Å².